The van der Waals surface area contributed by atoms with Crippen LogP contribution in [0.15, 0.2) is 24.3 Å². The molecule has 2 aliphatic carbocycles. The van der Waals surface area contributed by atoms with Gasteiger partial charge in [0, 0.05) is 23.9 Å². The molecule has 0 spiro atoms. The predicted octanol–water partition coefficient (Wildman–Crippen LogP) is 2.86. The summed E-state index contributed by atoms with van der Waals surface area (Å²) in [6, 6.07) is 2.10. The average molecular weight is 390 g/mol. The molecule has 7 heteroatoms. The van der Waals surface area contributed by atoms with Crippen LogP contribution in [0.2, 0.25) is 0 Å². The van der Waals surface area contributed by atoms with Crippen molar-refractivity contribution >= 4 is 21.2 Å². The van der Waals surface area contributed by atoms with Gasteiger partial charge in [0.25, 0.3) is 0 Å². The molecule has 1 saturated carbocycles. The lowest BCUT2D eigenvalue weighted by molar-refractivity contribution is 0.0985. The number of hydrogen-bond donors (Lipinski definition) is 0. The summed E-state index contributed by atoms with van der Waals surface area (Å²) in [5, 5.41) is 0. The number of allylic oxidation sites excluding steroid dienone is 4. The van der Waals surface area contributed by atoms with Gasteiger partial charge in [0.2, 0.25) is 0 Å². The van der Waals surface area contributed by atoms with Crippen molar-refractivity contribution in [1.82, 2.24) is 9.97 Å². The highest BCUT2D eigenvalue weighted by molar-refractivity contribution is 7.92. The van der Waals surface area contributed by atoms with Crippen molar-refractivity contribution in [2.75, 3.05) is 30.4 Å². The number of nitrogens with zero attached hydrogens (tertiary/aromatic N) is 3. The molecule has 0 aromatic carbocycles. The second kappa shape index (κ2) is 7.02. The van der Waals surface area contributed by atoms with E-state index in [9.17, 15) is 8.42 Å². The molecule has 0 radical (unpaired) electrons. The highest BCUT2D eigenvalue weighted by atomic mass is 32.2. The minimum Gasteiger partial charge on any atom is -0.377 e. The van der Waals surface area contributed by atoms with Crippen molar-refractivity contribution in [3.8, 4) is 0 Å². The van der Waals surface area contributed by atoms with Gasteiger partial charge in [0.15, 0.2) is 15.7 Å². The molecule has 1 aromatic heterocycles. The van der Waals surface area contributed by atoms with E-state index in [2.05, 4.69) is 24.0 Å². The van der Waals surface area contributed by atoms with E-state index in [1.54, 1.807) is 6.92 Å². The molecular formula is C20H27N3O3S. The van der Waals surface area contributed by atoms with Crippen LogP contribution in [0.5, 0.6) is 0 Å². The van der Waals surface area contributed by atoms with Gasteiger partial charge in [-0.1, -0.05) is 25.2 Å². The van der Waals surface area contributed by atoms with E-state index in [0.717, 1.165) is 30.8 Å². The maximum Gasteiger partial charge on any atom is 0.161 e. The molecular weight excluding hydrogens is 362 g/mol. The van der Waals surface area contributed by atoms with Crippen LogP contribution >= 0.6 is 0 Å². The van der Waals surface area contributed by atoms with Gasteiger partial charge in [-0.25, -0.2) is 18.4 Å². The molecule has 1 aliphatic heterocycles. The fourth-order valence-corrected chi connectivity index (χ4v) is 5.61. The quantitative estimate of drug-likeness (QED) is 0.771. The fourth-order valence-electron chi connectivity index (χ4n) is 3.91. The zero-order chi connectivity index (χ0) is 19.1. The van der Waals surface area contributed by atoms with Gasteiger partial charge in [0.05, 0.1) is 24.9 Å². The highest BCUT2D eigenvalue weighted by Gasteiger charge is 2.56. The van der Waals surface area contributed by atoms with Gasteiger partial charge < -0.3 is 9.64 Å². The van der Waals surface area contributed by atoms with E-state index >= 15 is 0 Å². The number of hydrogen-bond acceptors (Lipinski definition) is 6. The summed E-state index contributed by atoms with van der Waals surface area (Å²) < 4.78 is 30.3. The molecule has 3 aliphatic rings. The van der Waals surface area contributed by atoms with Crippen LogP contribution < -0.4 is 4.90 Å². The first-order valence-electron chi connectivity index (χ1n) is 9.80. The Morgan fingerprint density at radius 3 is 2.74 bits per heavy atom. The SMILES string of the molecule is CCS(=O)(=O)C1(c2cc(N3CCOC[C@@H]3C)nc(C3=CCCC=C3)n2)CC1. The van der Waals surface area contributed by atoms with Gasteiger partial charge in [-0.3, -0.25) is 0 Å². The summed E-state index contributed by atoms with van der Waals surface area (Å²) in [7, 11) is -3.22. The predicted molar refractivity (Wildman–Crippen MR) is 106 cm³/mol. The van der Waals surface area contributed by atoms with Crippen molar-refractivity contribution in [3.63, 3.8) is 0 Å². The molecule has 4 rings (SSSR count). The number of ether oxygens (including phenoxy) is 1. The molecule has 1 atom stereocenters. The van der Waals surface area contributed by atoms with Gasteiger partial charge >= 0.3 is 0 Å². The minimum absolute atomic E-state index is 0.137. The lowest BCUT2D eigenvalue weighted by atomic mass is 10.1. The van der Waals surface area contributed by atoms with E-state index < -0.39 is 14.6 Å². The Balaban J connectivity index is 1.83. The lowest BCUT2D eigenvalue weighted by Gasteiger charge is -2.35. The first kappa shape index (κ1) is 18.6. The normalized spacial score (nSPS) is 24.6. The topological polar surface area (TPSA) is 72.4 Å². The number of aromatic nitrogens is 2. The molecule has 146 valence electrons. The maximum absolute atomic E-state index is 12.8. The summed E-state index contributed by atoms with van der Waals surface area (Å²) in [5.74, 6) is 1.58. The van der Waals surface area contributed by atoms with Crippen LogP contribution in [0.3, 0.4) is 0 Å². The van der Waals surface area contributed by atoms with Gasteiger partial charge in [-0.2, -0.15) is 0 Å². The van der Waals surface area contributed by atoms with Crippen LogP contribution in [0.1, 0.15) is 51.0 Å². The van der Waals surface area contributed by atoms with Crippen LogP contribution in [0.4, 0.5) is 5.82 Å². The summed E-state index contributed by atoms with van der Waals surface area (Å²) in [6.45, 7) is 5.88. The van der Waals surface area contributed by atoms with E-state index in [4.69, 9.17) is 14.7 Å². The third kappa shape index (κ3) is 3.31. The zero-order valence-electron chi connectivity index (χ0n) is 16.0. The second-order valence-electron chi connectivity index (χ2n) is 7.59. The number of morpholine rings is 1. The van der Waals surface area contributed by atoms with Crippen molar-refractivity contribution in [2.45, 2.75) is 50.3 Å². The molecule has 0 unspecified atom stereocenters. The number of rotatable bonds is 5. The Hall–Kier alpha value is -1.73. The van der Waals surface area contributed by atoms with Crippen molar-refractivity contribution < 1.29 is 13.2 Å². The Bertz CT molecular complexity index is 888. The second-order valence-corrected chi connectivity index (χ2v) is 10.2. The number of anilines is 1. The van der Waals surface area contributed by atoms with Gasteiger partial charge in [0.1, 0.15) is 10.6 Å². The molecule has 2 fully saturated rings. The molecule has 0 bridgehead atoms. The first-order valence-corrected chi connectivity index (χ1v) is 11.5. The van der Waals surface area contributed by atoms with Crippen LogP contribution in [0, 0.1) is 0 Å². The fraction of sp³-hybridized carbons (Fsp3) is 0.600. The van der Waals surface area contributed by atoms with Gasteiger partial charge in [-0.15, -0.1) is 0 Å². The Labute approximate surface area is 161 Å². The van der Waals surface area contributed by atoms with Gasteiger partial charge in [-0.05, 0) is 32.6 Å². The maximum atomic E-state index is 12.8. The summed E-state index contributed by atoms with van der Waals surface area (Å²) >= 11 is 0. The third-order valence-electron chi connectivity index (χ3n) is 5.77. The van der Waals surface area contributed by atoms with Crippen molar-refractivity contribution in [1.29, 1.82) is 0 Å². The largest absolute Gasteiger partial charge is 0.377 e. The molecule has 1 aromatic rings. The molecule has 0 N–H and O–H groups in total. The summed E-state index contributed by atoms with van der Waals surface area (Å²) in [4.78, 5) is 11.8. The number of sulfone groups is 1. The first-order chi connectivity index (χ1) is 13.0. The van der Waals surface area contributed by atoms with Crippen molar-refractivity contribution in [2.24, 2.45) is 0 Å². The zero-order valence-corrected chi connectivity index (χ0v) is 16.8. The summed E-state index contributed by atoms with van der Waals surface area (Å²) in [6.07, 6.45) is 9.58. The summed E-state index contributed by atoms with van der Waals surface area (Å²) in [5.41, 5.74) is 1.64. The monoisotopic (exact) mass is 389 g/mol. The Kier molecular flexibility index (Phi) is 4.84. The van der Waals surface area contributed by atoms with Crippen LogP contribution in [-0.2, 0) is 19.3 Å². The molecule has 1 saturated heterocycles. The molecule has 0 amide bonds. The minimum atomic E-state index is -3.22. The van der Waals surface area contributed by atoms with Crippen LogP contribution in [-0.4, -0.2) is 49.9 Å². The molecule has 2 heterocycles. The average Bonchev–Trinajstić information content (AvgIpc) is 3.51. The van der Waals surface area contributed by atoms with Crippen molar-refractivity contribution in [3.05, 3.63) is 35.8 Å². The Morgan fingerprint density at radius 2 is 2.11 bits per heavy atom. The smallest absolute Gasteiger partial charge is 0.161 e. The van der Waals surface area contributed by atoms with E-state index in [1.807, 2.05) is 12.1 Å². The van der Waals surface area contributed by atoms with E-state index in [1.165, 1.54) is 0 Å². The third-order valence-corrected chi connectivity index (χ3v) is 8.34. The standard InChI is InChI=1S/C20H27N3O3S/c1-3-27(24,25)20(9-10-20)17-13-18(23-11-12-26-14-15(23)2)22-19(21-17)16-7-5-4-6-8-16/h5,7-8,13,15H,3-4,6,9-12,14H2,1-2H3/t15-/m0/s1. The van der Waals surface area contributed by atoms with E-state index in [0.29, 0.717) is 37.6 Å². The van der Waals surface area contributed by atoms with Crippen LogP contribution in [0.25, 0.3) is 5.57 Å². The highest BCUT2D eigenvalue weighted by Crippen LogP contribution is 2.53. The lowest BCUT2D eigenvalue weighted by Crippen LogP contribution is -2.44. The Morgan fingerprint density at radius 1 is 1.30 bits per heavy atom. The molecule has 27 heavy (non-hydrogen) atoms. The molecule has 6 nitrogen and oxygen atoms in total. The van der Waals surface area contributed by atoms with E-state index in [-0.39, 0.29) is 11.8 Å².